The summed E-state index contributed by atoms with van der Waals surface area (Å²) in [4.78, 5) is 10.6. The fraction of sp³-hybridized carbons (Fsp3) is 0.250. The number of carboxylic acid groups (broad SMARTS) is 1. The van der Waals surface area contributed by atoms with Crippen molar-refractivity contribution in [2.45, 2.75) is 11.8 Å². The molecule has 0 aliphatic rings. The Morgan fingerprint density at radius 3 is 2.79 bits per heavy atom. The van der Waals surface area contributed by atoms with Crippen molar-refractivity contribution in [1.29, 1.82) is 0 Å². The summed E-state index contributed by atoms with van der Waals surface area (Å²) in [6, 6.07) is 7.74. The summed E-state index contributed by atoms with van der Waals surface area (Å²) in [5, 5.41) is 17.0. The first kappa shape index (κ1) is 13.6. The van der Waals surface area contributed by atoms with Gasteiger partial charge in [0, 0.05) is 12.8 Å². The molecule has 2 aromatic rings. The van der Waals surface area contributed by atoms with Gasteiger partial charge in [0.05, 0.1) is 12.4 Å². The molecule has 0 saturated carbocycles. The van der Waals surface area contributed by atoms with Crippen molar-refractivity contribution < 1.29 is 14.6 Å². The molecule has 6 nitrogen and oxygen atoms in total. The Morgan fingerprint density at radius 1 is 1.42 bits per heavy atom. The van der Waals surface area contributed by atoms with Gasteiger partial charge in [0.1, 0.15) is 6.33 Å². The lowest BCUT2D eigenvalue weighted by Gasteiger charge is -2.06. The molecule has 100 valence electrons. The monoisotopic (exact) mass is 279 g/mol. The Hall–Kier alpha value is -1.86. The Labute approximate surface area is 114 Å². The zero-order valence-electron chi connectivity index (χ0n) is 10.3. The Kier molecular flexibility index (Phi) is 4.53. The van der Waals surface area contributed by atoms with Gasteiger partial charge in [-0.05, 0) is 17.7 Å². The molecule has 0 saturated heterocycles. The van der Waals surface area contributed by atoms with Crippen molar-refractivity contribution in [3.8, 4) is 5.69 Å². The normalized spacial score (nSPS) is 10.6. The molecule has 19 heavy (non-hydrogen) atoms. The molecular formula is C12H13N3O3S. The molecule has 1 aromatic heterocycles. The van der Waals surface area contributed by atoms with Crippen molar-refractivity contribution >= 4 is 17.7 Å². The van der Waals surface area contributed by atoms with Gasteiger partial charge in [0.15, 0.2) is 5.16 Å². The second-order valence-corrected chi connectivity index (χ2v) is 4.71. The third-order valence-corrected chi connectivity index (χ3v) is 3.29. The van der Waals surface area contributed by atoms with Crippen LogP contribution in [0.25, 0.3) is 5.69 Å². The lowest BCUT2D eigenvalue weighted by Crippen LogP contribution is -2.01. The average molecular weight is 279 g/mol. The molecule has 0 aliphatic heterocycles. The number of rotatable bonds is 6. The van der Waals surface area contributed by atoms with E-state index in [9.17, 15) is 4.79 Å². The van der Waals surface area contributed by atoms with Gasteiger partial charge < -0.3 is 9.84 Å². The molecule has 2 rings (SSSR count). The molecule has 0 atom stereocenters. The van der Waals surface area contributed by atoms with Gasteiger partial charge in [-0.2, -0.15) is 0 Å². The zero-order valence-corrected chi connectivity index (χ0v) is 11.1. The van der Waals surface area contributed by atoms with Gasteiger partial charge in [-0.1, -0.05) is 23.9 Å². The SMILES string of the molecule is COCc1ccc(-n2cnnc2SCC(=O)O)cc1. The van der Waals surface area contributed by atoms with Crippen LogP contribution in [0.15, 0.2) is 35.7 Å². The van der Waals surface area contributed by atoms with Crippen LogP contribution in [0, 0.1) is 0 Å². The van der Waals surface area contributed by atoms with E-state index in [2.05, 4.69) is 10.2 Å². The average Bonchev–Trinajstić information content (AvgIpc) is 2.86. The number of hydrogen-bond acceptors (Lipinski definition) is 5. The quantitative estimate of drug-likeness (QED) is 0.809. The van der Waals surface area contributed by atoms with Gasteiger partial charge in [0.2, 0.25) is 0 Å². The number of aliphatic carboxylic acids is 1. The maximum atomic E-state index is 10.6. The van der Waals surface area contributed by atoms with E-state index in [-0.39, 0.29) is 5.75 Å². The van der Waals surface area contributed by atoms with Crippen molar-refractivity contribution in [3.63, 3.8) is 0 Å². The van der Waals surface area contributed by atoms with E-state index in [1.807, 2.05) is 24.3 Å². The van der Waals surface area contributed by atoms with Crippen molar-refractivity contribution in [3.05, 3.63) is 36.2 Å². The molecule has 1 aromatic carbocycles. The summed E-state index contributed by atoms with van der Waals surface area (Å²) in [7, 11) is 1.65. The minimum absolute atomic E-state index is 0.0412. The molecule has 0 aliphatic carbocycles. The maximum absolute atomic E-state index is 10.6. The number of nitrogens with zero attached hydrogens (tertiary/aromatic N) is 3. The number of hydrogen-bond donors (Lipinski definition) is 1. The lowest BCUT2D eigenvalue weighted by atomic mass is 10.2. The van der Waals surface area contributed by atoms with Gasteiger partial charge in [-0.3, -0.25) is 9.36 Å². The van der Waals surface area contributed by atoms with E-state index in [0.717, 1.165) is 23.0 Å². The molecule has 0 spiro atoms. The smallest absolute Gasteiger partial charge is 0.313 e. The fourth-order valence-electron chi connectivity index (χ4n) is 1.55. The van der Waals surface area contributed by atoms with E-state index in [1.165, 1.54) is 0 Å². The van der Waals surface area contributed by atoms with Gasteiger partial charge in [0.25, 0.3) is 0 Å². The van der Waals surface area contributed by atoms with Crippen molar-refractivity contribution in [1.82, 2.24) is 14.8 Å². The summed E-state index contributed by atoms with van der Waals surface area (Å²) in [5.74, 6) is -0.921. The molecule has 0 radical (unpaired) electrons. The molecule has 0 fully saturated rings. The van der Waals surface area contributed by atoms with E-state index in [1.54, 1.807) is 18.0 Å². The van der Waals surface area contributed by atoms with Gasteiger partial charge in [-0.25, -0.2) is 0 Å². The van der Waals surface area contributed by atoms with E-state index < -0.39 is 5.97 Å². The van der Waals surface area contributed by atoms with Crippen molar-refractivity contribution in [2.24, 2.45) is 0 Å². The van der Waals surface area contributed by atoms with Crippen molar-refractivity contribution in [2.75, 3.05) is 12.9 Å². The number of aromatic nitrogens is 3. The van der Waals surface area contributed by atoms with Crippen LogP contribution in [0.5, 0.6) is 0 Å². The standard InChI is InChI=1S/C12H13N3O3S/c1-18-6-9-2-4-10(5-3-9)15-8-13-14-12(15)19-7-11(16)17/h2-5,8H,6-7H2,1H3,(H,16,17). The number of thioether (sulfide) groups is 1. The third kappa shape index (κ3) is 3.55. The summed E-state index contributed by atoms with van der Waals surface area (Å²) in [6.45, 7) is 0.559. The van der Waals surface area contributed by atoms with E-state index in [0.29, 0.717) is 11.8 Å². The predicted molar refractivity (Wildman–Crippen MR) is 70.4 cm³/mol. The van der Waals surface area contributed by atoms with Crippen LogP contribution in [-0.2, 0) is 16.1 Å². The van der Waals surface area contributed by atoms with Crippen LogP contribution >= 0.6 is 11.8 Å². The summed E-state index contributed by atoms with van der Waals surface area (Å²) >= 11 is 1.14. The first-order valence-corrected chi connectivity index (χ1v) is 6.52. The first-order valence-electron chi connectivity index (χ1n) is 5.53. The van der Waals surface area contributed by atoms with Crippen LogP contribution in [0.4, 0.5) is 0 Å². The number of carbonyl (C=O) groups is 1. The fourth-order valence-corrected chi connectivity index (χ4v) is 2.19. The topological polar surface area (TPSA) is 77.2 Å². The Balaban J connectivity index is 2.17. The van der Waals surface area contributed by atoms with Gasteiger partial charge in [-0.15, -0.1) is 10.2 Å². The molecule has 1 heterocycles. The largest absolute Gasteiger partial charge is 0.481 e. The Morgan fingerprint density at radius 2 is 2.16 bits per heavy atom. The summed E-state index contributed by atoms with van der Waals surface area (Å²) in [5.41, 5.74) is 1.96. The number of ether oxygens (including phenoxy) is 1. The minimum Gasteiger partial charge on any atom is -0.481 e. The van der Waals surface area contributed by atoms with Crippen LogP contribution < -0.4 is 0 Å². The van der Waals surface area contributed by atoms with Crippen LogP contribution in [0.3, 0.4) is 0 Å². The Bertz CT molecular complexity index is 554. The highest BCUT2D eigenvalue weighted by molar-refractivity contribution is 7.99. The maximum Gasteiger partial charge on any atom is 0.313 e. The highest BCUT2D eigenvalue weighted by atomic mass is 32.2. The highest BCUT2D eigenvalue weighted by Gasteiger charge is 2.09. The highest BCUT2D eigenvalue weighted by Crippen LogP contribution is 2.19. The zero-order chi connectivity index (χ0) is 13.7. The number of carboxylic acids is 1. The molecule has 0 unspecified atom stereocenters. The second-order valence-electron chi connectivity index (χ2n) is 3.77. The lowest BCUT2D eigenvalue weighted by molar-refractivity contribution is -0.133. The van der Waals surface area contributed by atoms with Crippen LogP contribution in [-0.4, -0.2) is 38.7 Å². The molecule has 7 heteroatoms. The molecule has 0 amide bonds. The number of methoxy groups -OCH3 is 1. The summed E-state index contributed by atoms with van der Waals surface area (Å²) in [6.07, 6.45) is 1.56. The number of benzene rings is 1. The molecule has 1 N–H and O–H groups in total. The third-order valence-electron chi connectivity index (χ3n) is 2.37. The minimum atomic E-state index is -0.880. The van der Waals surface area contributed by atoms with Crippen LogP contribution in [0.1, 0.15) is 5.56 Å². The molecular weight excluding hydrogens is 266 g/mol. The van der Waals surface area contributed by atoms with E-state index in [4.69, 9.17) is 9.84 Å². The second kappa shape index (κ2) is 6.35. The molecule has 0 bridgehead atoms. The predicted octanol–water partition coefficient (Wildman–Crippen LogP) is 1.59. The first-order chi connectivity index (χ1) is 9.20. The van der Waals surface area contributed by atoms with E-state index >= 15 is 0 Å². The van der Waals surface area contributed by atoms with Crippen LogP contribution in [0.2, 0.25) is 0 Å². The summed E-state index contributed by atoms with van der Waals surface area (Å²) < 4.78 is 6.80. The van der Waals surface area contributed by atoms with Gasteiger partial charge >= 0.3 is 5.97 Å².